The van der Waals surface area contributed by atoms with Gasteiger partial charge in [0.05, 0.1) is 24.9 Å². The molecule has 3 N–H and O–H groups in total. The summed E-state index contributed by atoms with van der Waals surface area (Å²) in [5.41, 5.74) is 6.61. The number of para-hydroxylation sites is 1. The standard InChI is InChI=1S/C13H16N4O2/c1-17-7-6-15-11(17)8-16-13(18)9-4-3-5-10(14)12(9)19-2/h3-7H,8,14H2,1-2H3,(H,16,18). The summed E-state index contributed by atoms with van der Waals surface area (Å²) in [4.78, 5) is 16.2. The first-order valence-corrected chi connectivity index (χ1v) is 5.80. The smallest absolute Gasteiger partial charge is 0.255 e. The Kier molecular flexibility index (Phi) is 3.70. The summed E-state index contributed by atoms with van der Waals surface area (Å²) >= 11 is 0. The van der Waals surface area contributed by atoms with Gasteiger partial charge in [-0.1, -0.05) is 6.07 Å². The minimum Gasteiger partial charge on any atom is -0.494 e. The first-order valence-electron chi connectivity index (χ1n) is 5.80. The van der Waals surface area contributed by atoms with Crippen molar-refractivity contribution >= 4 is 11.6 Å². The Balaban J connectivity index is 2.12. The fraction of sp³-hybridized carbons (Fsp3) is 0.231. The third-order valence-corrected chi connectivity index (χ3v) is 2.82. The molecular formula is C13H16N4O2. The van der Waals surface area contributed by atoms with E-state index < -0.39 is 0 Å². The number of methoxy groups -OCH3 is 1. The molecule has 2 rings (SSSR count). The van der Waals surface area contributed by atoms with Crippen molar-refractivity contribution in [3.05, 3.63) is 42.0 Å². The van der Waals surface area contributed by atoms with Crippen LogP contribution in [0.5, 0.6) is 5.75 Å². The van der Waals surface area contributed by atoms with E-state index in [2.05, 4.69) is 10.3 Å². The fourth-order valence-corrected chi connectivity index (χ4v) is 1.78. The number of nitrogens with one attached hydrogen (secondary N) is 1. The molecule has 0 aliphatic heterocycles. The second-order valence-electron chi connectivity index (χ2n) is 4.07. The lowest BCUT2D eigenvalue weighted by atomic mass is 10.1. The highest BCUT2D eigenvalue weighted by Gasteiger charge is 2.14. The Morgan fingerprint density at radius 3 is 2.95 bits per heavy atom. The normalized spacial score (nSPS) is 10.2. The molecule has 1 amide bonds. The number of nitrogens with zero attached hydrogens (tertiary/aromatic N) is 2. The molecule has 0 radical (unpaired) electrons. The van der Waals surface area contributed by atoms with Crippen molar-refractivity contribution in [2.75, 3.05) is 12.8 Å². The molecule has 0 aliphatic rings. The zero-order valence-electron chi connectivity index (χ0n) is 10.9. The third kappa shape index (κ3) is 2.67. The van der Waals surface area contributed by atoms with E-state index in [1.165, 1.54) is 7.11 Å². The number of aromatic nitrogens is 2. The number of imidazole rings is 1. The van der Waals surface area contributed by atoms with Gasteiger partial charge in [-0.05, 0) is 12.1 Å². The van der Waals surface area contributed by atoms with Gasteiger partial charge in [0.1, 0.15) is 5.82 Å². The van der Waals surface area contributed by atoms with Crippen LogP contribution in [0, 0.1) is 0 Å². The number of aryl methyl sites for hydroxylation is 1. The molecule has 100 valence electrons. The molecule has 6 nitrogen and oxygen atoms in total. The maximum absolute atomic E-state index is 12.1. The van der Waals surface area contributed by atoms with Crippen LogP contribution in [-0.2, 0) is 13.6 Å². The minimum atomic E-state index is -0.243. The van der Waals surface area contributed by atoms with E-state index in [0.29, 0.717) is 23.5 Å². The lowest BCUT2D eigenvalue weighted by Gasteiger charge is -2.11. The minimum absolute atomic E-state index is 0.243. The summed E-state index contributed by atoms with van der Waals surface area (Å²) in [6.07, 6.45) is 3.51. The molecule has 1 aromatic carbocycles. The number of nitrogens with two attached hydrogens (primary N) is 1. The second-order valence-corrected chi connectivity index (χ2v) is 4.07. The van der Waals surface area contributed by atoms with Gasteiger partial charge in [0.15, 0.2) is 5.75 Å². The quantitative estimate of drug-likeness (QED) is 0.801. The number of ether oxygens (including phenoxy) is 1. The van der Waals surface area contributed by atoms with Gasteiger partial charge < -0.3 is 20.4 Å². The number of amides is 1. The van der Waals surface area contributed by atoms with Crippen LogP contribution in [0.2, 0.25) is 0 Å². The van der Waals surface area contributed by atoms with Crippen molar-refractivity contribution in [2.24, 2.45) is 7.05 Å². The molecular weight excluding hydrogens is 244 g/mol. The van der Waals surface area contributed by atoms with Crippen molar-refractivity contribution in [3.8, 4) is 5.75 Å². The molecule has 6 heteroatoms. The van der Waals surface area contributed by atoms with Crippen molar-refractivity contribution < 1.29 is 9.53 Å². The number of hydrogen-bond acceptors (Lipinski definition) is 4. The van der Waals surface area contributed by atoms with Gasteiger partial charge in [-0.15, -0.1) is 0 Å². The number of rotatable bonds is 4. The van der Waals surface area contributed by atoms with E-state index in [1.807, 2.05) is 17.8 Å². The molecule has 1 heterocycles. The number of carbonyl (C=O) groups is 1. The number of nitrogen functional groups attached to an aromatic ring is 1. The van der Waals surface area contributed by atoms with Crippen LogP contribution >= 0.6 is 0 Å². The summed E-state index contributed by atoms with van der Waals surface area (Å²) in [6, 6.07) is 5.07. The molecule has 0 spiro atoms. The van der Waals surface area contributed by atoms with Gasteiger partial charge in [-0.2, -0.15) is 0 Å². The molecule has 0 saturated carbocycles. The van der Waals surface area contributed by atoms with Crippen LogP contribution in [0.15, 0.2) is 30.6 Å². The van der Waals surface area contributed by atoms with E-state index in [9.17, 15) is 4.79 Å². The molecule has 1 aromatic heterocycles. The average Bonchev–Trinajstić information content (AvgIpc) is 2.81. The Morgan fingerprint density at radius 1 is 1.53 bits per heavy atom. The van der Waals surface area contributed by atoms with Crippen LogP contribution in [-0.4, -0.2) is 22.6 Å². The number of anilines is 1. The van der Waals surface area contributed by atoms with Crippen LogP contribution in [0.25, 0.3) is 0 Å². The zero-order chi connectivity index (χ0) is 13.8. The predicted octanol–water partition coefficient (Wildman–Crippen LogP) is 0.941. The van der Waals surface area contributed by atoms with Gasteiger partial charge in [0, 0.05) is 19.4 Å². The Bertz CT molecular complexity index is 592. The molecule has 19 heavy (non-hydrogen) atoms. The maximum atomic E-state index is 12.1. The lowest BCUT2D eigenvalue weighted by Crippen LogP contribution is -2.25. The summed E-state index contributed by atoms with van der Waals surface area (Å²) in [5.74, 6) is 0.920. The third-order valence-electron chi connectivity index (χ3n) is 2.82. The molecule has 0 aliphatic carbocycles. The number of carbonyl (C=O) groups excluding carboxylic acids is 1. The second kappa shape index (κ2) is 5.43. The monoisotopic (exact) mass is 260 g/mol. The van der Waals surface area contributed by atoms with Crippen LogP contribution in [0.1, 0.15) is 16.2 Å². The molecule has 0 bridgehead atoms. The molecule has 0 fully saturated rings. The maximum Gasteiger partial charge on any atom is 0.255 e. The van der Waals surface area contributed by atoms with Crippen LogP contribution in [0.3, 0.4) is 0 Å². The van der Waals surface area contributed by atoms with Gasteiger partial charge in [0.25, 0.3) is 5.91 Å². The first kappa shape index (κ1) is 12.9. The van der Waals surface area contributed by atoms with Crippen molar-refractivity contribution in [3.63, 3.8) is 0 Å². The summed E-state index contributed by atoms with van der Waals surface area (Å²) < 4.78 is 7.00. The van der Waals surface area contributed by atoms with Crippen molar-refractivity contribution in [2.45, 2.75) is 6.54 Å². The molecule has 0 atom stereocenters. The van der Waals surface area contributed by atoms with Crippen molar-refractivity contribution in [1.29, 1.82) is 0 Å². The van der Waals surface area contributed by atoms with Crippen LogP contribution in [0.4, 0.5) is 5.69 Å². The number of hydrogen-bond donors (Lipinski definition) is 2. The van der Waals surface area contributed by atoms with E-state index in [-0.39, 0.29) is 5.91 Å². The first-order chi connectivity index (χ1) is 9.13. The van der Waals surface area contributed by atoms with Gasteiger partial charge in [-0.25, -0.2) is 4.98 Å². The van der Waals surface area contributed by atoms with Crippen LogP contribution < -0.4 is 15.8 Å². The Hall–Kier alpha value is -2.50. The van der Waals surface area contributed by atoms with Crippen molar-refractivity contribution in [1.82, 2.24) is 14.9 Å². The topological polar surface area (TPSA) is 82.2 Å². The Labute approximate surface area is 111 Å². The largest absolute Gasteiger partial charge is 0.494 e. The van der Waals surface area contributed by atoms with E-state index >= 15 is 0 Å². The lowest BCUT2D eigenvalue weighted by molar-refractivity contribution is 0.0946. The summed E-state index contributed by atoms with van der Waals surface area (Å²) in [7, 11) is 3.36. The highest BCUT2D eigenvalue weighted by Crippen LogP contribution is 2.25. The highest BCUT2D eigenvalue weighted by molar-refractivity contribution is 5.98. The van der Waals surface area contributed by atoms with E-state index in [1.54, 1.807) is 24.4 Å². The number of benzene rings is 1. The summed E-state index contributed by atoms with van der Waals surface area (Å²) in [6.45, 7) is 0.348. The SMILES string of the molecule is COc1c(N)cccc1C(=O)NCc1nccn1C. The summed E-state index contributed by atoms with van der Waals surface area (Å²) in [5, 5.41) is 2.79. The van der Waals surface area contributed by atoms with E-state index in [4.69, 9.17) is 10.5 Å². The Morgan fingerprint density at radius 2 is 2.32 bits per heavy atom. The van der Waals surface area contributed by atoms with Gasteiger partial charge >= 0.3 is 0 Å². The molecule has 0 saturated heterocycles. The van der Waals surface area contributed by atoms with Gasteiger partial charge in [-0.3, -0.25) is 4.79 Å². The fourth-order valence-electron chi connectivity index (χ4n) is 1.78. The zero-order valence-corrected chi connectivity index (χ0v) is 10.9. The average molecular weight is 260 g/mol. The van der Waals surface area contributed by atoms with E-state index in [0.717, 1.165) is 5.82 Å². The highest BCUT2D eigenvalue weighted by atomic mass is 16.5. The predicted molar refractivity (Wildman–Crippen MR) is 71.8 cm³/mol. The molecule has 2 aromatic rings. The van der Waals surface area contributed by atoms with Gasteiger partial charge in [0.2, 0.25) is 0 Å². The molecule has 0 unspecified atom stereocenters.